The van der Waals surface area contributed by atoms with Crippen molar-refractivity contribution in [2.45, 2.75) is 6.10 Å². The van der Waals surface area contributed by atoms with E-state index in [1.165, 1.54) is 0 Å². The molecule has 3 aromatic heterocycles. The Morgan fingerprint density at radius 3 is 3.08 bits per heavy atom. The number of benzene rings is 1. The van der Waals surface area contributed by atoms with Gasteiger partial charge in [-0.2, -0.15) is 0 Å². The third kappa shape index (κ3) is 4.23. The third-order valence-corrected chi connectivity index (χ3v) is 6.30. The number of morpholine rings is 1. The average molecular weight is 490 g/mol. The van der Waals surface area contributed by atoms with Crippen LogP contribution in [-0.4, -0.2) is 77.1 Å². The van der Waals surface area contributed by atoms with E-state index in [2.05, 4.69) is 25.5 Å². The number of methoxy groups -OCH3 is 1. The van der Waals surface area contributed by atoms with Crippen molar-refractivity contribution in [3.63, 3.8) is 0 Å². The van der Waals surface area contributed by atoms with Gasteiger partial charge in [-0.25, -0.2) is 15.0 Å². The molecule has 1 saturated heterocycles. The molecule has 1 atom stereocenters. The molecular formula is C25H27N7O4. The summed E-state index contributed by atoms with van der Waals surface area (Å²) in [6.07, 6.45) is 7.12. The lowest BCUT2D eigenvalue weighted by Crippen LogP contribution is -2.44. The predicted octanol–water partition coefficient (Wildman–Crippen LogP) is 2.55. The SMILES string of the molecule is COc1cc(Nc2nc(-c3cnc4c(c3)NCCO4)cn3ccnc23)ccc1N1CCOC(CO)C1. The summed E-state index contributed by atoms with van der Waals surface area (Å²) in [4.78, 5) is 16.0. The molecule has 11 heteroatoms. The summed E-state index contributed by atoms with van der Waals surface area (Å²) >= 11 is 0. The standard InChI is InChI=1S/C25H27N7O4/c1-34-22-11-17(2-3-21(22)31-7-9-35-18(13-31)15-33)29-23-24-27-4-6-32(24)14-20(30-23)16-10-19-25(28-12-16)36-8-5-26-19/h2-4,6,10-12,14,18,26,33H,5,7-9,13,15H2,1H3,(H,29,30). The fourth-order valence-electron chi connectivity index (χ4n) is 4.52. The number of aromatic nitrogens is 4. The van der Waals surface area contributed by atoms with Crippen molar-refractivity contribution < 1.29 is 19.3 Å². The van der Waals surface area contributed by atoms with Crippen molar-refractivity contribution in [3.8, 4) is 22.9 Å². The molecule has 186 valence electrons. The Morgan fingerprint density at radius 1 is 1.25 bits per heavy atom. The number of hydrogen-bond acceptors (Lipinski definition) is 10. The van der Waals surface area contributed by atoms with Crippen LogP contribution in [0.15, 0.2) is 49.1 Å². The minimum Gasteiger partial charge on any atom is -0.495 e. The second-order valence-corrected chi connectivity index (χ2v) is 8.62. The molecule has 2 aliphatic rings. The van der Waals surface area contributed by atoms with Gasteiger partial charge in [-0.3, -0.25) is 0 Å². The molecule has 6 rings (SSSR count). The van der Waals surface area contributed by atoms with Crippen molar-refractivity contribution in [2.75, 3.05) is 62.1 Å². The summed E-state index contributed by atoms with van der Waals surface area (Å²) < 4.78 is 18.8. The highest BCUT2D eigenvalue weighted by atomic mass is 16.5. The molecule has 0 saturated carbocycles. The molecule has 36 heavy (non-hydrogen) atoms. The summed E-state index contributed by atoms with van der Waals surface area (Å²) in [7, 11) is 1.65. The predicted molar refractivity (Wildman–Crippen MR) is 136 cm³/mol. The fourth-order valence-corrected chi connectivity index (χ4v) is 4.52. The van der Waals surface area contributed by atoms with Gasteiger partial charge in [-0.05, 0) is 18.2 Å². The van der Waals surface area contributed by atoms with E-state index < -0.39 is 0 Å². The van der Waals surface area contributed by atoms with E-state index in [9.17, 15) is 5.11 Å². The van der Waals surface area contributed by atoms with Crippen LogP contribution in [0.5, 0.6) is 11.6 Å². The van der Waals surface area contributed by atoms with Crippen molar-refractivity contribution in [3.05, 3.63) is 49.1 Å². The number of imidazole rings is 1. The lowest BCUT2D eigenvalue weighted by atomic mass is 10.2. The third-order valence-electron chi connectivity index (χ3n) is 6.30. The first-order valence-corrected chi connectivity index (χ1v) is 11.8. The van der Waals surface area contributed by atoms with Crippen LogP contribution in [-0.2, 0) is 4.74 Å². The van der Waals surface area contributed by atoms with Crippen LogP contribution in [0.4, 0.5) is 22.9 Å². The van der Waals surface area contributed by atoms with Crippen LogP contribution in [0.25, 0.3) is 16.9 Å². The van der Waals surface area contributed by atoms with Crippen molar-refractivity contribution in [1.29, 1.82) is 0 Å². The molecule has 1 aromatic carbocycles. The monoisotopic (exact) mass is 489 g/mol. The Kier molecular flexibility index (Phi) is 5.91. The smallest absolute Gasteiger partial charge is 0.237 e. The lowest BCUT2D eigenvalue weighted by Gasteiger charge is -2.34. The van der Waals surface area contributed by atoms with Crippen LogP contribution < -0.4 is 25.0 Å². The average Bonchev–Trinajstić information content (AvgIpc) is 3.42. The van der Waals surface area contributed by atoms with Gasteiger partial charge in [-0.1, -0.05) is 0 Å². The highest BCUT2D eigenvalue weighted by Crippen LogP contribution is 2.35. The molecule has 1 unspecified atom stereocenters. The number of pyridine rings is 1. The van der Waals surface area contributed by atoms with Crippen molar-refractivity contribution in [2.24, 2.45) is 0 Å². The number of anilines is 4. The van der Waals surface area contributed by atoms with Gasteiger partial charge in [0.15, 0.2) is 11.5 Å². The van der Waals surface area contributed by atoms with Gasteiger partial charge in [0.2, 0.25) is 5.88 Å². The highest BCUT2D eigenvalue weighted by Gasteiger charge is 2.23. The van der Waals surface area contributed by atoms with Crippen LogP contribution in [0.3, 0.4) is 0 Å². The molecule has 4 aromatic rings. The summed E-state index contributed by atoms with van der Waals surface area (Å²) in [5, 5.41) is 16.2. The zero-order chi connectivity index (χ0) is 24.5. The Morgan fingerprint density at radius 2 is 2.19 bits per heavy atom. The van der Waals surface area contributed by atoms with Gasteiger partial charge in [0.25, 0.3) is 0 Å². The van der Waals surface area contributed by atoms with Crippen LogP contribution in [0.2, 0.25) is 0 Å². The molecule has 0 amide bonds. The van der Waals surface area contributed by atoms with E-state index in [0.29, 0.717) is 37.1 Å². The molecule has 3 N–H and O–H groups in total. The lowest BCUT2D eigenvalue weighted by molar-refractivity contribution is 0.00347. The van der Waals surface area contributed by atoms with Gasteiger partial charge in [0.1, 0.15) is 12.4 Å². The number of ether oxygens (including phenoxy) is 3. The van der Waals surface area contributed by atoms with Crippen LogP contribution in [0.1, 0.15) is 0 Å². The fraction of sp³-hybridized carbons (Fsp3) is 0.320. The van der Waals surface area contributed by atoms with E-state index in [-0.39, 0.29) is 12.7 Å². The Bertz CT molecular complexity index is 1390. The van der Waals surface area contributed by atoms with Gasteiger partial charge in [0, 0.05) is 61.7 Å². The molecule has 11 nitrogen and oxygen atoms in total. The Labute approximate surface area is 207 Å². The summed E-state index contributed by atoms with van der Waals surface area (Å²) in [6, 6.07) is 7.92. The van der Waals surface area contributed by atoms with E-state index in [0.717, 1.165) is 47.2 Å². The van der Waals surface area contributed by atoms with Crippen LogP contribution in [0, 0.1) is 0 Å². The Balaban J connectivity index is 1.32. The van der Waals surface area contributed by atoms with E-state index in [1.807, 2.05) is 41.1 Å². The Hall–Kier alpha value is -4.09. The maximum absolute atomic E-state index is 9.50. The summed E-state index contributed by atoms with van der Waals surface area (Å²) in [5.74, 6) is 1.94. The zero-order valence-corrected chi connectivity index (χ0v) is 19.8. The molecule has 5 heterocycles. The van der Waals surface area contributed by atoms with Gasteiger partial charge in [0.05, 0.1) is 43.5 Å². The van der Waals surface area contributed by atoms with Crippen molar-refractivity contribution >= 4 is 28.5 Å². The van der Waals surface area contributed by atoms with Gasteiger partial charge < -0.3 is 39.3 Å². The number of aliphatic hydroxyl groups is 1. The largest absolute Gasteiger partial charge is 0.495 e. The first kappa shape index (κ1) is 22.4. The molecule has 0 spiro atoms. The normalized spacial score (nSPS) is 17.3. The highest BCUT2D eigenvalue weighted by molar-refractivity contribution is 5.77. The minimum atomic E-state index is -0.207. The second kappa shape index (κ2) is 9.51. The van der Waals surface area contributed by atoms with Crippen molar-refractivity contribution in [1.82, 2.24) is 19.4 Å². The van der Waals surface area contributed by atoms with E-state index >= 15 is 0 Å². The number of aliphatic hydroxyl groups excluding tert-OH is 1. The second-order valence-electron chi connectivity index (χ2n) is 8.62. The maximum atomic E-state index is 9.50. The molecule has 0 aliphatic carbocycles. The van der Waals surface area contributed by atoms with E-state index in [4.69, 9.17) is 19.2 Å². The maximum Gasteiger partial charge on any atom is 0.237 e. The first-order chi connectivity index (χ1) is 17.7. The molecule has 0 bridgehead atoms. The number of nitrogens with one attached hydrogen (secondary N) is 2. The molecular weight excluding hydrogens is 462 g/mol. The summed E-state index contributed by atoms with van der Waals surface area (Å²) in [5.41, 5.74) is 4.94. The minimum absolute atomic E-state index is 0.0103. The topological polar surface area (TPSA) is 118 Å². The van der Waals surface area contributed by atoms with E-state index in [1.54, 1.807) is 19.5 Å². The van der Waals surface area contributed by atoms with Crippen LogP contribution >= 0.6 is 0 Å². The number of rotatable bonds is 6. The quantitative estimate of drug-likeness (QED) is 0.373. The summed E-state index contributed by atoms with van der Waals surface area (Å²) in [6.45, 7) is 3.22. The number of hydrogen-bond donors (Lipinski definition) is 3. The van der Waals surface area contributed by atoms with Gasteiger partial charge in [-0.15, -0.1) is 0 Å². The number of nitrogens with zero attached hydrogens (tertiary/aromatic N) is 5. The zero-order valence-electron chi connectivity index (χ0n) is 19.8. The molecule has 1 fully saturated rings. The first-order valence-electron chi connectivity index (χ1n) is 11.8. The number of fused-ring (bicyclic) bond motifs is 2. The molecule has 2 aliphatic heterocycles. The molecule has 0 radical (unpaired) electrons. The van der Waals surface area contributed by atoms with Gasteiger partial charge >= 0.3 is 0 Å².